The second-order valence-electron chi connectivity index (χ2n) is 3.69. The fourth-order valence-corrected chi connectivity index (χ4v) is 2.89. The maximum absolute atomic E-state index is 5.99. The van der Waals surface area contributed by atoms with Crippen molar-refractivity contribution >= 4 is 22.9 Å². The van der Waals surface area contributed by atoms with Crippen molar-refractivity contribution < 1.29 is 9.47 Å². The van der Waals surface area contributed by atoms with Gasteiger partial charge >= 0.3 is 0 Å². The zero-order valence-corrected chi connectivity index (χ0v) is 10.3. The molecule has 0 bridgehead atoms. The molecule has 0 saturated heterocycles. The van der Waals surface area contributed by atoms with Crippen molar-refractivity contribution in [2.45, 2.75) is 30.4 Å². The van der Waals surface area contributed by atoms with Gasteiger partial charge in [-0.2, -0.15) is 0 Å². The standard InChI is InChI=1S/C11H15ClO2S/c1-13-11-9(12)7-10(11)14-5-4-8-3-2-6-15-8/h2-3,6,9-11H,4-5,7H2,1H3. The Bertz CT molecular complexity index is 289. The molecular weight excluding hydrogens is 232 g/mol. The zero-order chi connectivity index (χ0) is 10.7. The number of methoxy groups -OCH3 is 1. The highest BCUT2D eigenvalue weighted by Crippen LogP contribution is 2.31. The third-order valence-corrected chi connectivity index (χ3v) is 4.08. The van der Waals surface area contributed by atoms with Gasteiger partial charge in [-0.15, -0.1) is 22.9 Å². The van der Waals surface area contributed by atoms with Gasteiger partial charge in [0.15, 0.2) is 0 Å². The van der Waals surface area contributed by atoms with Gasteiger partial charge in [0.25, 0.3) is 0 Å². The minimum absolute atomic E-state index is 0.0787. The number of hydrogen-bond donors (Lipinski definition) is 0. The molecule has 0 aromatic carbocycles. The fraction of sp³-hybridized carbons (Fsp3) is 0.636. The summed E-state index contributed by atoms with van der Waals surface area (Å²) in [6.07, 6.45) is 2.16. The third-order valence-electron chi connectivity index (χ3n) is 2.71. The van der Waals surface area contributed by atoms with E-state index < -0.39 is 0 Å². The summed E-state index contributed by atoms with van der Waals surface area (Å²) in [4.78, 5) is 1.37. The molecule has 2 nitrogen and oxygen atoms in total. The Morgan fingerprint density at radius 1 is 1.60 bits per heavy atom. The van der Waals surface area contributed by atoms with E-state index in [9.17, 15) is 0 Å². The van der Waals surface area contributed by atoms with E-state index in [1.54, 1.807) is 18.4 Å². The van der Waals surface area contributed by atoms with Crippen LogP contribution in [0.5, 0.6) is 0 Å². The first kappa shape index (κ1) is 11.4. The summed E-state index contributed by atoms with van der Waals surface area (Å²) in [6.45, 7) is 0.759. The van der Waals surface area contributed by atoms with Crippen LogP contribution < -0.4 is 0 Å². The highest BCUT2D eigenvalue weighted by molar-refractivity contribution is 7.09. The number of hydrogen-bond acceptors (Lipinski definition) is 3. The Kier molecular flexibility index (Phi) is 4.03. The Morgan fingerprint density at radius 3 is 3.07 bits per heavy atom. The smallest absolute Gasteiger partial charge is 0.0997 e. The predicted molar refractivity (Wildman–Crippen MR) is 62.8 cm³/mol. The van der Waals surface area contributed by atoms with Crippen LogP contribution in [0, 0.1) is 0 Å². The van der Waals surface area contributed by atoms with Crippen molar-refractivity contribution in [2.24, 2.45) is 0 Å². The molecular formula is C11H15ClO2S. The molecule has 0 radical (unpaired) electrons. The third kappa shape index (κ3) is 2.72. The van der Waals surface area contributed by atoms with Crippen LogP contribution in [0.1, 0.15) is 11.3 Å². The van der Waals surface area contributed by atoms with Crippen LogP contribution in [0.15, 0.2) is 17.5 Å². The van der Waals surface area contributed by atoms with E-state index in [0.29, 0.717) is 0 Å². The van der Waals surface area contributed by atoms with Crippen LogP contribution in [-0.4, -0.2) is 31.3 Å². The summed E-state index contributed by atoms with van der Waals surface area (Å²) in [5.41, 5.74) is 0. The molecule has 0 spiro atoms. The normalized spacial score (nSPS) is 30.1. The number of halogens is 1. The van der Waals surface area contributed by atoms with Crippen molar-refractivity contribution in [1.29, 1.82) is 0 Å². The van der Waals surface area contributed by atoms with Gasteiger partial charge in [0, 0.05) is 18.4 Å². The molecule has 2 rings (SSSR count). The molecule has 1 aliphatic rings. The lowest BCUT2D eigenvalue weighted by Crippen LogP contribution is -2.50. The Balaban J connectivity index is 1.66. The van der Waals surface area contributed by atoms with Crippen molar-refractivity contribution in [1.82, 2.24) is 0 Å². The second kappa shape index (κ2) is 5.30. The summed E-state index contributed by atoms with van der Waals surface area (Å²) in [6, 6.07) is 4.20. The molecule has 3 unspecified atom stereocenters. The Labute approximate surface area is 99.2 Å². The van der Waals surface area contributed by atoms with Crippen LogP contribution >= 0.6 is 22.9 Å². The van der Waals surface area contributed by atoms with Crippen LogP contribution in [-0.2, 0) is 15.9 Å². The fourth-order valence-electron chi connectivity index (χ4n) is 1.76. The summed E-state index contributed by atoms with van der Waals surface area (Å²) in [7, 11) is 1.69. The highest BCUT2D eigenvalue weighted by atomic mass is 35.5. The van der Waals surface area contributed by atoms with Crippen LogP contribution in [0.2, 0.25) is 0 Å². The number of ether oxygens (including phenoxy) is 2. The van der Waals surface area contributed by atoms with E-state index in [4.69, 9.17) is 21.1 Å². The van der Waals surface area contributed by atoms with Crippen molar-refractivity contribution in [3.8, 4) is 0 Å². The van der Waals surface area contributed by atoms with Crippen molar-refractivity contribution in [2.75, 3.05) is 13.7 Å². The molecule has 1 aromatic rings. The molecule has 3 atom stereocenters. The maximum Gasteiger partial charge on any atom is 0.0997 e. The monoisotopic (exact) mass is 246 g/mol. The van der Waals surface area contributed by atoms with Crippen LogP contribution in [0.4, 0.5) is 0 Å². The molecule has 1 aliphatic carbocycles. The van der Waals surface area contributed by atoms with Crippen molar-refractivity contribution in [3.05, 3.63) is 22.4 Å². The number of rotatable bonds is 5. The molecule has 15 heavy (non-hydrogen) atoms. The van der Waals surface area contributed by atoms with Crippen LogP contribution in [0.25, 0.3) is 0 Å². The summed E-state index contributed by atoms with van der Waals surface area (Å²) in [5, 5.41) is 2.22. The van der Waals surface area contributed by atoms with Gasteiger partial charge in [0.05, 0.1) is 24.2 Å². The molecule has 84 valence electrons. The average Bonchev–Trinajstić information content (AvgIpc) is 2.69. The van der Waals surface area contributed by atoms with Crippen molar-refractivity contribution in [3.63, 3.8) is 0 Å². The first-order chi connectivity index (χ1) is 7.31. The van der Waals surface area contributed by atoms with E-state index in [0.717, 1.165) is 19.4 Å². The first-order valence-corrected chi connectivity index (χ1v) is 6.43. The molecule has 0 amide bonds. The summed E-state index contributed by atoms with van der Waals surface area (Å²) >= 11 is 7.76. The van der Waals surface area contributed by atoms with Gasteiger partial charge in [-0.05, 0) is 17.9 Å². The lowest BCUT2D eigenvalue weighted by Gasteiger charge is -2.39. The number of thiophene rings is 1. The van der Waals surface area contributed by atoms with E-state index in [2.05, 4.69) is 17.5 Å². The highest BCUT2D eigenvalue weighted by Gasteiger charge is 2.40. The van der Waals surface area contributed by atoms with Gasteiger partial charge in [-0.25, -0.2) is 0 Å². The minimum atomic E-state index is 0.0787. The van der Waals surface area contributed by atoms with Gasteiger partial charge in [-0.3, -0.25) is 0 Å². The molecule has 1 aromatic heterocycles. The molecule has 1 fully saturated rings. The quantitative estimate of drug-likeness (QED) is 0.744. The largest absolute Gasteiger partial charge is 0.377 e. The van der Waals surface area contributed by atoms with E-state index >= 15 is 0 Å². The van der Waals surface area contributed by atoms with Gasteiger partial charge in [-0.1, -0.05) is 6.07 Å². The molecule has 0 N–H and O–H groups in total. The molecule has 4 heteroatoms. The molecule has 0 aliphatic heterocycles. The second-order valence-corrected chi connectivity index (χ2v) is 5.28. The topological polar surface area (TPSA) is 18.5 Å². The van der Waals surface area contributed by atoms with Gasteiger partial charge in [0.1, 0.15) is 0 Å². The molecule has 1 heterocycles. The SMILES string of the molecule is COC1C(Cl)CC1OCCc1cccs1. The zero-order valence-electron chi connectivity index (χ0n) is 8.69. The number of alkyl halides is 1. The lowest BCUT2D eigenvalue weighted by atomic mass is 9.91. The maximum atomic E-state index is 5.99. The predicted octanol–water partition coefficient (Wildman–Crippen LogP) is 2.70. The van der Waals surface area contributed by atoms with Gasteiger partial charge < -0.3 is 9.47 Å². The Morgan fingerprint density at radius 2 is 2.47 bits per heavy atom. The van der Waals surface area contributed by atoms with E-state index in [1.807, 2.05) is 0 Å². The molecule has 1 saturated carbocycles. The summed E-state index contributed by atoms with van der Waals surface area (Å²) < 4.78 is 11.0. The first-order valence-electron chi connectivity index (χ1n) is 5.12. The Hall–Kier alpha value is -0.0900. The summed E-state index contributed by atoms with van der Waals surface area (Å²) in [5.74, 6) is 0. The van der Waals surface area contributed by atoms with Gasteiger partial charge in [0.2, 0.25) is 0 Å². The minimum Gasteiger partial charge on any atom is -0.377 e. The lowest BCUT2D eigenvalue weighted by molar-refractivity contribution is -0.109. The van der Waals surface area contributed by atoms with Crippen LogP contribution in [0.3, 0.4) is 0 Å². The van der Waals surface area contributed by atoms with E-state index in [1.165, 1.54) is 4.88 Å². The average molecular weight is 247 g/mol. The van der Waals surface area contributed by atoms with E-state index in [-0.39, 0.29) is 17.6 Å².